The van der Waals surface area contributed by atoms with Gasteiger partial charge in [0, 0.05) is 37.3 Å². The van der Waals surface area contributed by atoms with Crippen molar-refractivity contribution >= 4 is 5.78 Å². The molecular weight excluding hydrogens is 560 g/mol. The lowest BCUT2D eigenvalue weighted by Gasteiger charge is -2.31. The fourth-order valence-electron chi connectivity index (χ4n) is 6.66. The van der Waals surface area contributed by atoms with Crippen molar-refractivity contribution in [3.8, 4) is 23.0 Å². The van der Waals surface area contributed by atoms with Crippen LogP contribution >= 0.6 is 0 Å². The van der Waals surface area contributed by atoms with Gasteiger partial charge in [-0.15, -0.1) is 0 Å². The quantitative estimate of drug-likeness (QED) is 0.284. The van der Waals surface area contributed by atoms with Crippen molar-refractivity contribution in [3.05, 3.63) is 47.5 Å². The molecule has 0 aromatic heterocycles. The molecular formula is C35H48N2O7. The monoisotopic (exact) mass is 608 g/mol. The summed E-state index contributed by atoms with van der Waals surface area (Å²) in [7, 11) is 0. The van der Waals surface area contributed by atoms with Crippen molar-refractivity contribution in [2.75, 3.05) is 92.1 Å². The van der Waals surface area contributed by atoms with Gasteiger partial charge in [0.05, 0.1) is 64.7 Å². The summed E-state index contributed by atoms with van der Waals surface area (Å²) < 4.78 is 35.1. The molecule has 2 aromatic rings. The summed E-state index contributed by atoms with van der Waals surface area (Å²) in [6.07, 6.45) is 5.51. The minimum Gasteiger partial charge on any atom is -0.494 e. The predicted octanol–water partition coefficient (Wildman–Crippen LogP) is 4.67. The lowest BCUT2D eigenvalue weighted by molar-refractivity contribution is -0.123. The molecule has 0 spiro atoms. The van der Waals surface area contributed by atoms with Crippen molar-refractivity contribution in [2.45, 2.75) is 50.4 Å². The predicted molar refractivity (Wildman–Crippen MR) is 168 cm³/mol. The Morgan fingerprint density at radius 3 is 1.55 bits per heavy atom. The number of carbonyl (C=O) groups is 1. The first-order valence-corrected chi connectivity index (χ1v) is 16.7. The summed E-state index contributed by atoms with van der Waals surface area (Å²) in [6.45, 7) is 11.9. The van der Waals surface area contributed by atoms with Crippen LogP contribution in [0.15, 0.2) is 36.4 Å². The second-order valence-corrected chi connectivity index (χ2v) is 12.2. The number of unbranched alkanes of at least 4 members (excludes halogenated alkanes) is 2. The van der Waals surface area contributed by atoms with Crippen molar-refractivity contribution in [3.63, 3.8) is 0 Å². The molecule has 4 heterocycles. The van der Waals surface area contributed by atoms with E-state index in [1.54, 1.807) is 0 Å². The Bertz CT molecular complexity index is 1120. The highest BCUT2D eigenvalue weighted by atomic mass is 16.5. The summed E-state index contributed by atoms with van der Waals surface area (Å²) in [6, 6.07) is 11.9. The van der Waals surface area contributed by atoms with Crippen molar-refractivity contribution < 1.29 is 33.2 Å². The third-order valence-electron chi connectivity index (χ3n) is 9.21. The van der Waals surface area contributed by atoms with Crippen LogP contribution < -0.4 is 18.9 Å². The van der Waals surface area contributed by atoms with Crippen LogP contribution in [0, 0.1) is 0 Å². The Kier molecular flexibility index (Phi) is 11.3. The summed E-state index contributed by atoms with van der Waals surface area (Å²) in [5.74, 6) is 2.94. The van der Waals surface area contributed by atoms with E-state index in [-0.39, 0.29) is 17.6 Å². The van der Waals surface area contributed by atoms with Crippen LogP contribution in [0.2, 0.25) is 0 Å². The first-order valence-electron chi connectivity index (χ1n) is 16.7. The molecule has 0 aliphatic carbocycles. The lowest BCUT2D eigenvalue weighted by Crippen LogP contribution is -2.36. The molecule has 44 heavy (non-hydrogen) atoms. The second kappa shape index (κ2) is 15.9. The summed E-state index contributed by atoms with van der Waals surface area (Å²) in [4.78, 5) is 19.1. The average molecular weight is 609 g/mol. The Morgan fingerprint density at radius 2 is 1.09 bits per heavy atom. The Hall–Kier alpha value is -2.85. The lowest BCUT2D eigenvalue weighted by atomic mass is 9.78. The molecule has 2 atom stereocenters. The van der Waals surface area contributed by atoms with E-state index < -0.39 is 0 Å². The van der Waals surface area contributed by atoms with E-state index in [4.69, 9.17) is 28.4 Å². The van der Waals surface area contributed by atoms with Gasteiger partial charge in [0.15, 0.2) is 0 Å². The zero-order chi connectivity index (χ0) is 30.0. The first kappa shape index (κ1) is 31.1. The van der Waals surface area contributed by atoms with Crippen LogP contribution in [0.4, 0.5) is 0 Å². The fourth-order valence-corrected chi connectivity index (χ4v) is 6.66. The number of rotatable bonds is 14. The molecule has 0 radical (unpaired) electrons. The molecule has 0 amide bonds. The molecule has 4 aliphatic rings. The van der Waals surface area contributed by atoms with Crippen LogP contribution in [0.3, 0.4) is 0 Å². The topological polar surface area (TPSA) is 78.9 Å². The maximum absolute atomic E-state index is 14.2. The first-order chi connectivity index (χ1) is 21.7. The molecule has 9 heteroatoms. The van der Waals surface area contributed by atoms with Crippen LogP contribution in [-0.4, -0.2) is 108 Å². The van der Waals surface area contributed by atoms with Gasteiger partial charge >= 0.3 is 0 Å². The molecule has 2 saturated heterocycles. The maximum atomic E-state index is 14.2. The summed E-state index contributed by atoms with van der Waals surface area (Å²) in [5, 5.41) is 0. The van der Waals surface area contributed by atoms with Crippen molar-refractivity contribution in [1.29, 1.82) is 0 Å². The largest absolute Gasteiger partial charge is 0.494 e. The van der Waals surface area contributed by atoms with E-state index in [1.165, 1.54) is 0 Å². The minimum atomic E-state index is -0.232. The van der Waals surface area contributed by atoms with Crippen molar-refractivity contribution in [1.82, 2.24) is 9.80 Å². The molecule has 6 rings (SSSR count). The van der Waals surface area contributed by atoms with E-state index in [2.05, 4.69) is 9.80 Å². The Morgan fingerprint density at radius 1 is 0.636 bits per heavy atom. The van der Waals surface area contributed by atoms with Crippen molar-refractivity contribution in [2.24, 2.45) is 0 Å². The molecule has 0 bridgehead atoms. The number of nitrogens with zero attached hydrogens (tertiary/aromatic N) is 2. The highest BCUT2D eigenvalue weighted by molar-refractivity contribution is 5.93. The van der Waals surface area contributed by atoms with E-state index >= 15 is 0 Å². The number of Topliss-reactive ketones (excluding diaryl/α,β-unsaturated/α-hetero) is 1. The molecule has 2 unspecified atom stereocenters. The fraction of sp³-hybridized carbons (Fsp3) is 0.629. The smallest absolute Gasteiger partial charge is 0.148 e. The maximum Gasteiger partial charge on any atom is 0.148 e. The zero-order valence-corrected chi connectivity index (χ0v) is 26.0. The van der Waals surface area contributed by atoms with Gasteiger partial charge in [-0.1, -0.05) is 0 Å². The number of ether oxygens (including phenoxy) is 6. The van der Waals surface area contributed by atoms with Crippen LogP contribution in [0.1, 0.15) is 61.5 Å². The number of hydrogen-bond acceptors (Lipinski definition) is 9. The molecule has 0 saturated carbocycles. The normalized spacial score (nSPS) is 22.3. The van der Waals surface area contributed by atoms with Gasteiger partial charge < -0.3 is 28.4 Å². The van der Waals surface area contributed by atoms with E-state index in [0.29, 0.717) is 39.3 Å². The highest BCUT2D eigenvalue weighted by Gasteiger charge is 2.36. The number of morpholine rings is 2. The number of fused-ring (bicyclic) bond motifs is 2. The van der Waals surface area contributed by atoms with Gasteiger partial charge in [-0.05, 0) is 88.0 Å². The van der Waals surface area contributed by atoms with Gasteiger partial charge in [0.1, 0.15) is 28.8 Å². The molecule has 2 fully saturated rings. The van der Waals surface area contributed by atoms with Crippen LogP contribution in [0.25, 0.3) is 0 Å². The van der Waals surface area contributed by atoms with Gasteiger partial charge in [0.2, 0.25) is 0 Å². The summed E-state index contributed by atoms with van der Waals surface area (Å²) in [5.41, 5.74) is 1.88. The summed E-state index contributed by atoms with van der Waals surface area (Å²) >= 11 is 0. The molecule has 0 N–H and O–H groups in total. The number of benzene rings is 2. The van der Waals surface area contributed by atoms with E-state index in [9.17, 15) is 4.79 Å². The standard InChI is InChI=1S/C35H48N2O7/c38-35(29-9-19-43-33-7-5-27(25-31(29)33)41-17-3-1-11-36-13-21-39-22-14-36)30-10-20-44-34-8-6-28(26-32(30)34)42-18-4-2-12-37-15-23-40-24-16-37/h5-8,25-26,29-30H,1-4,9-24H2. The molecule has 9 nitrogen and oxygen atoms in total. The molecule has 240 valence electrons. The SMILES string of the molecule is O=C(C1CCOc2ccc(OCCCCN3CCOCC3)cc21)C1CCOc2ccc(OCCCCN3CCOCC3)cc21. The van der Waals surface area contributed by atoms with Crippen LogP contribution in [0.5, 0.6) is 23.0 Å². The molecule has 4 aliphatic heterocycles. The Balaban J connectivity index is 1.04. The van der Waals surface area contributed by atoms with Gasteiger partial charge in [-0.2, -0.15) is 0 Å². The highest BCUT2D eigenvalue weighted by Crippen LogP contribution is 2.44. The third-order valence-corrected chi connectivity index (χ3v) is 9.21. The van der Waals surface area contributed by atoms with Gasteiger partial charge in [-0.25, -0.2) is 0 Å². The zero-order valence-electron chi connectivity index (χ0n) is 26.0. The Labute approximate surface area is 261 Å². The third kappa shape index (κ3) is 8.24. The molecule has 2 aromatic carbocycles. The number of hydrogen-bond donors (Lipinski definition) is 0. The van der Waals surface area contributed by atoms with Crippen LogP contribution in [-0.2, 0) is 14.3 Å². The van der Waals surface area contributed by atoms with Gasteiger partial charge in [-0.3, -0.25) is 14.6 Å². The number of ketones is 1. The second-order valence-electron chi connectivity index (χ2n) is 12.2. The van der Waals surface area contributed by atoms with E-state index in [0.717, 1.165) is 126 Å². The number of carbonyl (C=O) groups excluding carboxylic acids is 1. The van der Waals surface area contributed by atoms with E-state index in [1.807, 2.05) is 36.4 Å². The average Bonchev–Trinajstić information content (AvgIpc) is 3.08. The van der Waals surface area contributed by atoms with Gasteiger partial charge in [0.25, 0.3) is 0 Å². The minimum absolute atomic E-state index is 0.226.